The van der Waals surface area contributed by atoms with Crippen LogP contribution in [0, 0.1) is 17.7 Å². The Balaban J connectivity index is 1.45. The molecule has 1 aromatic carbocycles. The molecule has 1 N–H and O–H groups in total. The van der Waals surface area contributed by atoms with Crippen LogP contribution in [0.4, 0.5) is 4.39 Å². The van der Waals surface area contributed by atoms with E-state index in [0.29, 0.717) is 24.7 Å². The van der Waals surface area contributed by atoms with E-state index in [4.69, 9.17) is 0 Å². The number of fused-ring (bicyclic) bond motifs is 1. The van der Waals surface area contributed by atoms with Crippen molar-refractivity contribution in [3.05, 3.63) is 35.6 Å². The fourth-order valence-electron chi connectivity index (χ4n) is 4.03. The summed E-state index contributed by atoms with van der Waals surface area (Å²) in [5.74, 6) is 1.02. The van der Waals surface area contributed by atoms with Crippen molar-refractivity contribution in [3.63, 3.8) is 0 Å². The van der Waals surface area contributed by atoms with Crippen LogP contribution in [0.3, 0.4) is 0 Å². The average molecular weight is 332 g/mol. The van der Waals surface area contributed by atoms with Gasteiger partial charge in [-0.3, -0.25) is 9.59 Å². The third kappa shape index (κ3) is 3.94. The zero-order chi connectivity index (χ0) is 17.1. The number of amides is 2. The van der Waals surface area contributed by atoms with Gasteiger partial charge in [-0.15, -0.1) is 0 Å². The van der Waals surface area contributed by atoms with Crippen molar-refractivity contribution in [2.75, 3.05) is 13.6 Å². The highest BCUT2D eigenvalue weighted by atomic mass is 19.1. The molecule has 3 atom stereocenters. The number of rotatable bonds is 5. The second-order valence-electron chi connectivity index (χ2n) is 7.14. The molecule has 0 aromatic heterocycles. The number of hydrogen-bond donors (Lipinski definition) is 1. The lowest BCUT2D eigenvalue weighted by molar-refractivity contribution is -0.132. The summed E-state index contributed by atoms with van der Waals surface area (Å²) in [5, 5.41) is 2.93. The third-order valence-electron chi connectivity index (χ3n) is 5.54. The van der Waals surface area contributed by atoms with Crippen molar-refractivity contribution in [2.45, 2.75) is 44.6 Å². The zero-order valence-electron chi connectivity index (χ0n) is 14.1. The Morgan fingerprint density at radius 1 is 1.25 bits per heavy atom. The number of nitrogens with zero attached hydrogens (tertiary/aromatic N) is 1. The van der Waals surface area contributed by atoms with E-state index in [0.717, 1.165) is 37.8 Å². The monoisotopic (exact) mass is 332 g/mol. The van der Waals surface area contributed by atoms with Crippen LogP contribution in [0.1, 0.15) is 37.7 Å². The van der Waals surface area contributed by atoms with Gasteiger partial charge in [0.2, 0.25) is 11.8 Å². The Morgan fingerprint density at radius 2 is 1.96 bits per heavy atom. The van der Waals surface area contributed by atoms with Crippen molar-refractivity contribution >= 4 is 11.8 Å². The van der Waals surface area contributed by atoms with E-state index in [9.17, 15) is 14.0 Å². The number of hydrogen-bond acceptors (Lipinski definition) is 2. The number of carbonyl (C=O) groups is 2. The molecule has 1 saturated heterocycles. The minimum atomic E-state index is -0.231. The predicted molar refractivity (Wildman–Crippen MR) is 89.7 cm³/mol. The SMILES string of the molecule is CN(C(=O)CCCc1ccc(F)cc1)[C@H]1C[C@H]2CNC(=O)C[C@H]2C1. The predicted octanol–water partition coefficient (Wildman–Crippen LogP) is 2.52. The summed E-state index contributed by atoms with van der Waals surface area (Å²) in [6.07, 6.45) is 4.61. The van der Waals surface area contributed by atoms with Gasteiger partial charge < -0.3 is 10.2 Å². The summed E-state index contributed by atoms with van der Waals surface area (Å²) >= 11 is 0. The first-order valence-corrected chi connectivity index (χ1v) is 8.79. The molecule has 5 heteroatoms. The Kier molecular flexibility index (Phi) is 5.17. The van der Waals surface area contributed by atoms with Gasteiger partial charge in [0.25, 0.3) is 0 Å². The molecule has 1 aromatic rings. The molecule has 2 fully saturated rings. The topological polar surface area (TPSA) is 49.4 Å². The fraction of sp³-hybridized carbons (Fsp3) is 0.579. The normalized spacial score (nSPS) is 25.9. The molecular weight excluding hydrogens is 307 g/mol. The van der Waals surface area contributed by atoms with Crippen LogP contribution in [0.5, 0.6) is 0 Å². The van der Waals surface area contributed by atoms with Crippen LogP contribution in [0.2, 0.25) is 0 Å². The molecule has 1 heterocycles. The minimum Gasteiger partial charge on any atom is -0.356 e. The molecule has 2 amide bonds. The van der Waals surface area contributed by atoms with Crippen LogP contribution in [-0.2, 0) is 16.0 Å². The third-order valence-corrected chi connectivity index (χ3v) is 5.54. The molecule has 0 bridgehead atoms. The second kappa shape index (κ2) is 7.32. The number of aryl methyl sites for hydroxylation is 1. The first-order chi connectivity index (χ1) is 11.5. The van der Waals surface area contributed by atoms with Gasteiger partial charge in [-0.1, -0.05) is 12.1 Å². The zero-order valence-corrected chi connectivity index (χ0v) is 14.1. The fourth-order valence-corrected chi connectivity index (χ4v) is 4.03. The highest BCUT2D eigenvalue weighted by molar-refractivity contribution is 5.77. The highest BCUT2D eigenvalue weighted by Gasteiger charge is 2.40. The van der Waals surface area contributed by atoms with E-state index in [1.807, 2.05) is 11.9 Å². The number of benzene rings is 1. The number of nitrogens with one attached hydrogen (secondary N) is 1. The Bertz CT molecular complexity index is 602. The largest absolute Gasteiger partial charge is 0.356 e. The molecule has 0 unspecified atom stereocenters. The van der Waals surface area contributed by atoms with Gasteiger partial charge in [0.15, 0.2) is 0 Å². The molecule has 1 aliphatic carbocycles. The van der Waals surface area contributed by atoms with E-state index >= 15 is 0 Å². The van der Waals surface area contributed by atoms with Crippen molar-refractivity contribution in [2.24, 2.45) is 11.8 Å². The van der Waals surface area contributed by atoms with E-state index in [1.54, 1.807) is 12.1 Å². The summed E-state index contributed by atoms with van der Waals surface area (Å²) in [6, 6.07) is 6.72. The Morgan fingerprint density at radius 3 is 2.71 bits per heavy atom. The summed E-state index contributed by atoms with van der Waals surface area (Å²) in [7, 11) is 1.89. The Hall–Kier alpha value is -1.91. The molecule has 1 saturated carbocycles. The second-order valence-corrected chi connectivity index (χ2v) is 7.14. The molecule has 0 spiro atoms. The van der Waals surface area contributed by atoms with E-state index in [1.165, 1.54) is 12.1 Å². The van der Waals surface area contributed by atoms with Crippen LogP contribution in [0.25, 0.3) is 0 Å². The number of halogens is 1. The van der Waals surface area contributed by atoms with Crippen molar-refractivity contribution in [1.82, 2.24) is 10.2 Å². The van der Waals surface area contributed by atoms with Crippen molar-refractivity contribution in [3.8, 4) is 0 Å². The van der Waals surface area contributed by atoms with Gasteiger partial charge in [0, 0.05) is 32.5 Å². The van der Waals surface area contributed by atoms with Crippen LogP contribution < -0.4 is 5.32 Å². The summed E-state index contributed by atoms with van der Waals surface area (Å²) in [5.41, 5.74) is 1.06. The molecule has 3 rings (SSSR count). The van der Waals surface area contributed by atoms with Crippen molar-refractivity contribution in [1.29, 1.82) is 0 Å². The van der Waals surface area contributed by atoms with E-state index in [-0.39, 0.29) is 23.7 Å². The summed E-state index contributed by atoms with van der Waals surface area (Å²) in [4.78, 5) is 25.8. The average Bonchev–Trinajstić information content (AvgIpc) is 2.98. The van der Waals surface area contributed by atoms with Gasteiger partial charge in [0.05, 0.1) is 0 Å². The van der Waals surface area contributed by atoms with E-state index in [2.05, 4.69) is 5.32 Å². The summed E-state index contributed by atoms with van der Waals surface area (Å²) in [6.45, 7) is 0.757. The smallest absolute Gasteiger partial charge is 0.222 e. The van der Waals surface area contributed by atoms with Gasteiger partial charge in [-0.05, 0) is 55.2 Å². The molecule has 0 radical (unpaired) electrons. The summed E-state index contributed by atoms with van der Waals surface area (Å²) < 4.78 is 12.9. The van der Waals surface area contributed by atoms with Gasteiger partial charge in [0.1, 0.15) is 5.82 Å². The lowest BCUT2D eigenvalue weighted by atomic mass is 9.89. The molecule has 1 aliphatic heterocycles. The molecule has 24 heavy (non-hydrogen) atoms. The maximum Gasteiger partial charge on any atom is 0.222 e. The number of carbonyl (C=O) groups excluding carboxylic acids is 2. The molecular formula is C19H25FN2O2. The lowest BCUT2D eigenvalue weighted by Gasteiger charge is -2.25. The standard InChI is InChI=1S/C19H25FN2O2/c1-22(17-9-14-11-18(23)21-12-15(14)10-17)19(24)4-2-3-13-5-7-16(20)8-6-13/h5-8,14-15,17H,2-4,9-12H2,1H3,(H,21,23)/t14-,15+,17-/m1/s1. The van der Waals surface area contributed by atoms with Crippen LogP contribution >= 0.6 is 0 Å². The number of piperidine rings is 1. The highest BCUT2D eigenvalue weighted by Crippen LogP contribution is 2.38. The maximum absolute atomic E-state index is 12.9. The Labute approximate surface area is 142 Å². The van der Waals surface area contributed by atoms with Crippen LogP contribution in [-0.4, -0.2) is 36.3 Å². The van der Waals surface area contributed by atoms with Crippen molar-refractivity contribution < 1.29 is 14.0 Å². The van der Waals surface area contributed by atoms with Gasteiger partial charge in [-0.2, -0.15) is 0 Å². The van der Waals surface area contributed by atoms with Gasteiger partial charge in [-0.25, -0.2) is 4.39 Å². The van der Waals surface area contributed by atoms with Crippen LogP contribution in [0.15, 0.2) is 24.3 Å². The molecule has 4 nitrogen and oxygen atoms in total. The molecule has 2 aliphatic rings. The lowest BCUT2D eigenvalue weighted by Crippen LogP contribution is -2.38. The molecule has 130 valence electrons. The minimum absolute atomic E-state index is 0.144. The quantitative estimate of drug-likeness (QED) is 0.901. The maximum atomic E-state index is 12.9. The van der Waals surface area contributed by atoms with E-state index < -0.39 is 0 Å². The van der Waals surface area contributed by atoms with Gasteiger partial charge >= 0.3 is 0 Å². The first-order valence-electron chi connectivity index (χ1n) is 8.79. The first kappa shape index (κ1) is 16.9.